The van der Waals surface area contributed by atoms with E-state index in [9.17, 15) is 9.59 Å². The SMILES string of the molecule is COCc1c(C(=O)O[C@H](C)c2nc3ccccc3c(=O)[nH]2)oc2ccccc12. The molecule has 142 valence electrons. The summed E-state index contributed by atoms with van der Waals surface area (Å²) in [7, 11) is 1.54. The number of aromatic amines is 1. The van der Waals surface area contributed by atoms with Crippen LogP contribution in [-0.2, 0) is 16.1 Å². The van der Waals surface area contributed by atoms with Crippen molar-refractivity contribution in [2.45, 2.75) is 19.6 Å². The molecule has 2 aromatic carbocycles. The molecular formula is C21H18N2O5. The number of nitrogens with zero attached hydrogens (tertiary/aromatic N) is 1. The third-order valence-corrected chi connectivity index (χ3v) is 4.47. The molecule has 0 saturated carbocycles. The lowest BCUT2D eigenvalue weighted by atomic mass is 10.1. The normalized spacial score (nSPS) is 12.4. The topological polar surface area (TPSA) is 94.4 Å². The lowest BCUT2D eigenvalue weighted by molar-refractivity contribution is 0.0280. The molecule has 0 aliphatic rings. The number of methoxy groups -OCH3 is 1. The van der Waals surface area contributed by atoms with Crippen LogP contribution >= 0.6 is 0 Å². The number of hydrogen-bond donors (Lipinski definition) is 1. The van der Waals surface area contributed by atoms with Gasteiger partial charge in [-0.15, -0.1) is 0 Å². The van der Waals surface area contributed by atoms with Crippen LogP contribution < -0.4 is 5.56 Å². The molecule has 1 N–H and O–H groups in total. The molecule has 2 heterocycles. The molecule has 0 fully saturated rings. The molecule has 4 rings (SSSR count). The number of nitrogens with one attached hydrogen (secondary N) is 1. The number of benzene rings is 2. The minimum Gasteiger partial charge on any atom is -0.449 e. The van der Waals surface area contributed by atoms with Crippen LogP contribution in [0.25, 0.3) is 21.9 Å². The number of rotatable bonds is 5. The minimum atomic E-state index is -0.770. The van der Waals surface area contributed by atoms with Crippen LogP contribution in [0.5, 0.6) is 0 Å². The van der Waals surface area contributed by atoms with Gasteiger partial charge in [0, 0.05) is 18.1 Å². The number of carbonyl (C=O) groups excluding carboxylic acids is 1. The largest absolute Gasteiger partial charge is 0.449 e. The van der Waals surface area contributed by atoms with E-state index in [0.29, 0.717) is 22.0 Å². The molecule has 0 radical (unpaired) electrons. The smallest absolute Gasteiger partial charge is 0.375 e. The highest BCUT2D eigenvalue weighted by atomic mass is 16.6. The van der Waals surface area contributed by atoms with E-state index in [1.807, 2.05) is 18.2 Å². The van der Waals surface area contributed by atoms with Crippen LogP contribution in [0, 0.1) is 0 Å². The molecule has 7 heteroatoms. The Morgan fingerprint density at radius 3 is 2.64 bits per heavy atom. The first kappa shape index (κ1) is 17.9. The Kier molecular flexibility index (Phi) is 4.67. The van der Waals surface area contributed by atoms with Gasteiger partial charge < -0.3 is 18.9 Å². The third kappa shape index (κ3) is 3.16. The van der Waals surface area contributed by atoms with E-state index >= 15 is 0 Å². The van der Waals surface area contributed by atoms with Gasteiger partial charge in [-0.1, -0.05) is 30.3 Å². The van der Waals surface area contributed by atoms with E-state index in [2.05, 4.69) is 9.97 Å². The summed E-state index contributed by atoms with van der Waals surface area (Å²) in [6.07, 6.45) is -0.770. The van der Waals surface area contributed by atoms with Gasteiger partial charge in [0.25, 0.3) is 5.56 Å². The zero-order chi connectivity index (χ0) is 19.7. The van der Waals surface area contributed by atoms with Crippen molar-refractivity contribution in [1.82, 2.24) is 9.97 Å². The van der Waals surface area contributed by atoms with Gasteiger partial charge in [0.2, 0.25) is 5.76 Å². The molecule has 0 bridgehead atoms. The Hall–Kier alpha value is -3.45. The molecule has 28 heavy (non-hydrogen) atoms. The van der Waals surface area contributed by atoms with Gasteiger partial charge in [0.05, 0.1) is 17.5 Å². The highest BCUT2D eigenvalue weighted by molar-refractivity contribution is 5.96. The third-order valence-electron chi connectivity index (χ3n) is 4.47. The second-order valence-corrected chi connectivity index (χ2v) is 6.35. The first-order valence-electron chi connectivity index (χ1n) is 8.77. The fourth-order valence-electron chi connectivity index (χ4n) is 3.12. The number of esters is 1. The minimum absolute atomic E-state index is 0.0815. The van der Waals surface area contributed by atoms with Gasteiger partial charge in [-0.05, 0) is 25.1 Å². The van der Waals surface area contributed by atoms with Gasteiger partial charge in [0.15, 0.2) is 11.9 Å². The van der Waals surface area contributed by atoms with Crippen molar-refractivity contribution in [2.24, 2.45) is 0 Å². The molecule has 1 atom stereocenters. The summed E-state index contributed by atoms with van der Waals surface area (Å²) in [4.78, 5) is 32.1. The number of hydrogen-bond acceptors (Lipinski definition) is 6. The summed E-state index contributed by atoms with van der Waals surface area (Å²) in [6.45, 7) is 1.85. The van der Waals surface area contributed by atoms with E-state index in [-0.39, 0.29) is 23.8 Å². The van der Waals surface area contributed by atoms with Crippen molar-refractivity contribution in [2.75, 3.05) is 7.11 Å². The quantitative estimate of drug-likeness (QED) is 0.532. The summed E-state index contributed by atoms with van der Waals surface area (Å²) in [5.41, 5.74) is 1.45. The number of H-pyrrole nitrogens is 1. The van der Waals surface area contributed by atoms with Crippen molar-refractivity contribution in [3.63, 3.8) is 0 Å². The van der Waals surface area contributed by atoms with Crippen molar-refractivity contribution in [1.29, 1.82) is 0 Å². The first-order chi connectivity index (χ1) is 13.6. The highest BCUT2D eigenvalue weighted by Crippen LogP contribution is 2.28. The molecule has 0 unspecified atom stereocenters. The van der Waals surface area contributed by atoms with Crippen LogP contribution in [0.2, 0.25) is 0 Å². The lowest BCUT2D eigenvalue weighted by Gasteiger charge is -2.12. The number of carbonyl (C=O) groups is 1. The fraction of sp³-hybridized carbons (Fsp3) is 0.190. The number of furan rings is 1. The number of ether oxygens (including phenoxy) is 2. The van der Waals surface area contributed by atoms with Crippen molar-refractivity contribution < 1.29 is 18.7 Å². The predicted molar refractivity (Wildman–Crippen MR) is 103 cm³/mol. The standard InChI is InChI=1S/C21H18N2O5/c1-12(19-22-16-9-5-3-8-14(16)20(24)23-19)27-21(25)18-15(11-26-2)13-7-4-6-10-17(13)28-18/h3-10,12H,11H2,1-2H3,(H,22,23,24)/t12-/m1/s1. The maximum Gasteiger partial charge on any atom is 0.375 e. The van der Waals surface area contributed by atoms with E-state index in [0.717, 1.165) is 5.39 Å². The second kappa shape index (κ2) is 7.28. The van der Waals surface area contributed by atoms with Gasteiger partial charge in [-0.3, -0.25) is 4.79 Å². The number of fused-ring (bicyclic) bond motifs is 2. The summed E-state index contributed by atoms with van der Waals surface area (Å²) in [5, 5.41) is 1.27. The molecule has 2 aromatic heterocycles. The van der Waals surface area contributed by atoms with Crippen molar-refractivity contribution >= 4 is 27.8 Å². The maximum atomic E-state index is 12.8. The number of aromatic nitrogens is 2. The fourth-order valence-corrected chi connectivity index (χ4v) is 3.12. The number of para-hydroxylation sites is 2. The van der Waals surface area contributed by atoms with Crippen LogP contribution in [0.4, 0.5) is 0 Å². The molecule has 0 aliphatic carbocycles. The van der Waals surface area contributed by atoms with Crippen molar-refractivity contribution in [3.8, 4) is 0 Å². The van der Waals surface area contributed by atoms with Gasteiger partial charge in [0.1, 0.15) is 5.58 Å². The maximum absolute atomic E-state index is 12.8. The highest BCUT2D eigenvalue weighted by Gasteiger charge is 2.24. The van der Waals surface area contributed by atoms with Crippen LogP contribution in [-0.4, -0.2) is 23.0 Å². The summed E-state index contributed by atoms with van der Waals surface area (Å²) >= 11 is 0. The van der Waals surface area contributed by atoms with E-state index in [1.165, 1.54) is 0 Å². The Balaban J connectivity index is 1.66. The summed E-state index contributed by atoms with van der Waals surface area (Å²) in [5.74, 6) is -0.300. The molecule has 0 saturated heterocycles. The molecule has 0 spiro atoms. The van der Waals surface area contributed by atoms with Crippen LogP contribution in [0.1, 0.15) is 35.0 Å². The Bertz CT molecular complexity index is 1220. The average Bonchev–Trinajstić information content (AvgIpc) is 3.07. The zero-order valence-electron chi connectivity index (χ0n) is 15.4. The Labute approximate surface area is 159 Å². The van der Waals surface area contributed by atoms with Gasteiger partial charge in [-0.2, -0.15) is 0 Å². The summed E-state index contributed by atoms with van der Waals surface area (Å²) in [6, 6.07) is 14.3. The van der Waals surface area contributed by atoms with Gasteiger partial charge in [-0.25, -0.2) is 9.78 Å². The predicted octanol–water partition coefficient (Wildman–Crippen LogP) is 3.73. The molecule has 7 nitrogen and oxygen atoms in total. The summed E-state index contributed by atoms with van der Waals surface area (Å²) < 4.78 is 16.4. The average molecular weight is 378 g/mol. The Morgan fingerprint density at radius 1 is 1.14 bits per heavy atom. The lowest BCUT2D eigenvalue weighted by Crippen LogP contribution is -2.17. The first-order valence-corrected chi connectivity index (χ1v) is 8.77. The van der Waals surface area contributed by atoms with Crippen LogP contribution in [0.15, 0.2) is 57.7 Å². The monoisotopic (exact) mass is 378 g/mol. The Morgan fingerprint density at radius 2 is 1.86 bits per heavy atom. The molecule has 4 aromatic rings. The van der Waals surface area contributed by atoms with E-state index in [4.69, 9.17) is 13.9 Å². The van der Waals surface area contributed by atoms with Gasteiger partial charge >= 0.3 is 5.97 Å². The van der Waals surface area contributed by atoms with E-state index < -0.39 is 12.1 Å². The molecule has 0 aliphatic heterocycles. The van der Waals surface area contributed by atoms with Crippen molar-refractivity contribution in [3.05, 3.63) is 76.0 Å². The second-order valence-electron chi connectivity index (χ2n) is 6.35. The molecule has 0 amide bonds. The zero-order valence-corrected chi connectivity index (χ0v) is 15.4. The van der Waals surface area contributed by atoms with E-state index in [1.54, 1.807) is 44.4 Å². The molecular weight excluding hydrogens is 360 g/mol. The van der Waals surface area contributed by atoms with Crippen LogP contribution in [0.3, 0.4) is 0 Å².